The molecule has 1 amide bonds. The van der Waals surface area contributed by atoms with Crippen molar-refractivity contribution in [3.8, 4) is 0 Å². The van der Waals surface area contributed by atoms with Gasteiger partial charge < -0.3 is 20.2 Å². The number of hydrogen-bond acceptors (Lipinski definition) is 4. The Morgan fingerprint density at radius 1 is 1.69 bits per heavy atom. The summed E-state index contributed by atoms with van der Waals surface area (Å²) in [4.78, 5) is 11.5. The van der Waals surface area contributed by atoms with Crippen LogP contribution in [0.15, 0.2) is 22.8 Å². The summed E-state index contributed by atoms with van der Waals surface area (Å²) in [7, 11) is 0. The van der Waals surface area contributed by atoms with Crippen molar-refractivity contribution in [3.63, 3.8) is 0 Å². The van der Waals surface area contributed by atoms with E-state index in [4.69, 9.17) is 14.9 Å². The van der Waals surface area contributed by atoms with Crippen LogP contribution in [-0.2, 0) is 16.1 Å². The molecule has 5 heteroatoms. The highest BCUT2D eigenvalue weighted by Gasteiger charge is 2.12. The molecule has 1 rings (SSSR count). The Hall–Kier alpha value is -1.33. The minimum absolute atomic E-state index is 0.145. The fourth-order valence-corrected chi connectivity index (χ4v) is 1.15. The first-order valence-corrected chi connectivity index (χ1v) is 5.36. The molecule has 0 radical (unpaired) electrons. The Balaban J connectivity index is 2.18. The summed E-state index contributed by atoms with van der Waals surface area (Å²) in [5.41, 5.74) is 5.32. The van der Waals surface area contributed by atoms with Crippen LogP contribution in [0.25, 0.3) is 0 Å². The lowest BCUT2D eigenvalue weighted by Gasteiger charge is -2.12. The average molecular weight is 226 g/mol. The van der Waals surface area contributed by atoms with E-state index in [-0.39, 0.29) is 5.91 Å². The first kappa shape index (κ1) is 12.7. The van der Waals surface area contributed by atoms with E-state index >= 15 is 0 Å². The molecule has 0 bridgehead atoms. The Bertz CT molecular complexity index is 298. The molecule has 0 saturated heterocycles. The first-order chi connectivity index (χ1) is 7.74. The van der Waals surface area contributed by atoms with Gasteiger partial charge in [-0.25, -0.2) is 0 Å². The minimum Gasteiger partial charge on any atom is -0.467 e. The van der Waals surface area contributed by atoms with E-state index in [2.05, 4.69) is 5.32 Å². The van der Waals surface area contributed by atoms with Crippen LogP contribution in [0.4, 0.5) is 0 Å². The normalized spacial score (nSPS) is 12.4. The van der Waals surface area contributed by atoms with Gasteiger partial charge in [0.05, 0.1) is 12.8 Å². The van der Waals surface area contributed by atoms with E-state index in [0.717, 1.165) is 12.2 Å². The highest BCUT2D eigenvalue weighted by atomic mass is 16.5. The summed E-state index contributed by atoms with van der Waals surface area (Å²) in [6.07, 6.45) is 1.87. The molecule has 0 aliphatic carbocycles. The molecule has 3 N–H and O–H groups in total. The highest BCUT2D eigenvalue weighted by molar-refractivity contribution is 5.80. The molecule has 90 valence electrons. The molecule has 0 spiro atoms. The SMILES string of the molecule is CC(OCCCN)C(=O)NCc1ccco1. The van der Waals surface area contributed by atoms with Gasteiger partial charge in [-0.15, -0.1) is 0 Å². The molecule has 0 aliphatic rings. The average Bonchev–Trinajstić information content (AvgIpc) is 2.79. The van der Waals surface area contributed by atoms with E-state index in [1.54, 1.807) is 25.3 Å². The predicted octanol–water partition coefficient (Wildman–Crippen LogP) is 0.650. The highest BCUT2D eigenvalue weighted by Crippen LogP contribution is 1.99. The zero-order valence-electron chi connectivity index (χ0n) is 9.44. The van der Waals surface area contributed by atoms with Gasteiger partial charge in [0.1, 0.15) is 11.9 Å². The van der Waals surface area contributed by atoms with Crippen molar-refractivity contribution < 1.29 is 13.9 Å². The number of hydrogen-bond donors (Lipinski definition) is 2. The molecule has 0 aliphatic heterocycles. The third-order valence-electron chi connectivity index (χ3n) is 2.10. The number of carbonyl (C=O) groups is 1. The molecular weight excluding hydrogens is 208 g/mol. The van der Waals surface area contributed by atoms with Crippen LogP contribution in [-0.4, -0.2) is 25.2 Å². The molecule has 1 aromatic rings. The van der Waals surface area contributed by atoms with Crippen molar-refractivity contribution in [2.45, 2.75) is 26.0 Å². The summed E-state index contributed by atoms with van der Waals surface area (Å²) in [5.74, 6) is 0.580. The Kier molecular flexibility index (Phi) is 5.60. The molecule has 0 aromatic carbocycles. The Labute approximate surface area is 94.9 Å². The number of rotatable bonds is 7. The van der Waals surface area contributed by atoms with Gasteiger partial charge in [0.2, 0.25) is 5.91 Å². The summed E-state index contributed by atoms with van der Waals surface area (Å²) >= 11 is 0. The number of carbonyl (C=O) groups excluding carboxylic acids is 1. The molecule has 1 unspecified atom stereocenters. The van der Waals surface area contributed by atoms with Crippen molar-refractivity contribution in [2.75, 3.05) is 13.2 Å². The van der Waals surface area contributed by atoms with Gasteiger partial charge >= 0.3 is 0 Å². The van der Waals surface area contributed by atoms with Crippen molar-refractivity contribution in [2.24, 2.45) is 5.73 Å². The maximum atomic E-state index is 11.5. The third kappa shape index (κ3) is 4.46. The second-order valence-electron chi connectivity index (χ2n) is 3.45. The van der Waals surface area contributed by atoms with E-state index in [0.29, 0.717) is 19.7 Å². The lowest BCUT2D eigenvalue weighted by molar-refractivity contribution is -0.132. The molecule has 16 heavy (non-hydrogen) atoms. The van der Waals surface area contributed by atoms with Crippen LogP contribution in [0.2, 0.25) is 0 Å². The van der Waals surface area contributed by atoms with E-state index < -0.39 is 6.10 Å². The topological polar surface area (TPSA) is 77.5 Å². The quantitative estimate of drug-likeness (QED) is 0.669. The number of amides is 1. The van der Waals surface area contributed by atoms with Gasteiger partial charge in [-0.1, -0.05) is 0 Å². The van der Waals surface area contributed by atoms with E-state index in [1.807, 2.05) is 0 Å². The van der Waals surface area contributed by atoms with Crippen LogP contribution >= 0.6 is 0 Å². The number of furan rings is 1. The smallest absolute Gasteiger partial charge is 0.249 e. The summed E-state index contributed by atoms with van der Waals surface area (Å²) in [6, 6.07) is 3.59. The monoisotopic (exact) mass is 226 g/mol. The van der Waals surface area contributed by atoms with Gasteiger partial charge in [0.25, 0.3) is 0 Å². The maximum absolute atomic E-state index is 11.5. The fourth-order valence-electron chi connectivity index (χ4n) is 1.15. The fraction of sp³-hybridized carbons (Fsp3) is 0.545. The standard InChI is InChI=1S/C11H18N2O3/c1-9(15-7-3-5-12)11(14)13-8-10-4-2-6-16-10/h2,4,6,9H,3,5,7-8,12H2,1H3,(H,13,14). The van der Waals surface area contributed by atoms with E-state index in [1.165, 1.54) is 0 Å². The zero-order valence-corrected chi connectivity index (χ0v) is 9.44. The lowest BCUT2D eigenvalue weighted by Crippen LogP contribution is -2.34. The third-order valence-corrected chi connectivity index (χ3v) is 2.10. The molecule has 0 fully saturated rings. The molecule has 0 saturated carbocycles. The lowest BCUT2D eigenvalue weighted by atomic mass is 10.3. The molecule has 1 atom stereocenters. The van der Waals surface area contributed by atoms with Crippen LogP contribution < -0.4 is 11.1 Å². The van der Waals surface area contributed by atoms with Crippen LogP contribution in [0.1, 0.15) is 19.1 Å². The summed E-state index contributed by atoms with van der Waals surface area (Å²) in [5, 5.41) is 2.72. The Morgan fingerprint density at radius 2 is 2.50 bits per heavy atom. The minimum atomic E-state index is -0.457. The van der Waals surface area contributed by atoms with Crippen molar-refractivity contribution >= 4 is 5.91 Å². The number of ether oxygens (including phenoxy) is 1. The Morgan fingerprint density at radius 3 is 3.12 bits per heavy atom. The second-order valence-corrected chi connectivity index (χ2v) is 3.45. The van der Waals surface area contributed by atoms with E-state index in [9.17, 15) is 4.79 Å². The first-order valence-electron chi connectivity index (χ1n) is 5.36. The maximum Gasteiger partial charge on any atom is 0.249 e. The van der Waals surface area contributed by atoms with Gasteiger partial charge in [-0.05, 0) is 32.0 Å². The summed E-state index contributed by atoms with van der Waals surface area (Å²) < 4.78 is 10.4. The predicted molar refractivity (Wildman–Crippen MR) is 59.6 cm³/mol. The summed E-state index contributed by atoms with van der Waals surface area (Å²) in [6.45, 7) is 3.18. The zero-order chi connectivity index (χ0) is 11.8. The number of nitrogens with two attached hydrogens (primary N) is 1. The van der Waals surface area contributed by atoms with Gasteiger partial charge in [-0.2, -0.15) is 0 Å². The van der Waals surface area contributed by atoms with Crippen LogP contribution in [0, 0.1) is 0 Å². The van der Waals surface area contributed by atoms with Gasteiger partial charge in [0, 0.05) is 6.61 Å². The second kappa shape index (κ2) is 7.03. The van der Waals surface area contributed by atoms with Crippen molar-refractivity contribution in [1.82, 2.24) is 5.32 Å². The van der Waals surface area contributed by atoms with Crippen molar-refractivity contribution in [3.05, 3.63) is 24.2 Å². The molecule has 5 nitrogen and oxygen atoms in total. The van der Waals surface area contributed by atoms with Gasteiger partial charge in [-0.3, -0.25) is 4.79 Å². The largest absolute Gasteiger partial charge is 0.467 e. The van der Waals surface area contributed by atoms with Crippen molar-refractivity contribution in [1.29, 1.82) is 0 Å². The van der Waals surface area contributed by atoms with Crippen LogP contribution in [0.5, 0.6) is 0 Å². The van der Waals surface area contributed by atoms with Gasteiger partial charge in [0.15, 0.2) is 0 Å². The molecule has 1 heterocycles. The molecule has 1 aromatic heterocycles. The number of nitrogens with one attached hydrogen (secondary N) is 1. The van der Waals surface area contributed by atoms with Crippen LogP contribution in [0.3, 0.4) is 0 Å². The molecular formula is C11H18N2O3.